The van der Waals surface area contributed by atoms with Crippen LogP contribution in [0.15, 0.2) is 63.3 Å². The number of thiophene rings is 1. The molecule has 0 saturated carbocycles. The van der Waals surface area contributed by atoms with Crippen molar-refractivity contribution in [1.82, 2.24) is 14.4 Å². The molecule has 4 heterocycles. The summed E-state index contributed by atoms with van der Waals surface area (Å²) in [5.74, 6) is 0.102. The van der Waals surface area contributed by atoms with Crippen molar-refractivity contribution in [2.75, 3.05) is 11.8 Å². The molecule has 4 rings (SSSR count). The number of hydrogen-bond acceptors (Lipinski definition) is 7. The molecular formula is C18H13ClN4O4S2. The first-order valence-electron chi connectivity index (χ1n) is 8.17. The van der Waals surface area contributed by atoms with Crippen molar-refractivity contribution in [3.63, 3.8) is 0 Å². The van der Waals surface area contributed by atoms with E-state index in [-0.39, 0.29) is 26.4 Å². The zero-order valence-electron chi connectivity index (χ0n) is 14.9. The molecule has 0 fully saturated rings. The number of anilines is 1. The van der Waals surface area contributed by atoms with E-state index in [1.165, 1.54) is 36.0 Å². The van der Waals surface area contributed by atoms with Crippen molar-refractivity contribution in [3.8, 4) is 17.0 Å². The van der Waals surface area contributed by atoms with Crippen molar-refractivity contribution in [3.05, 3.63) is 69.7 Å². The molecule has 29 heavy (non-hydrogen) atoms. The van der Waals surface area contributed by atoms with Crippen LogP contribution in [0.4, 0.5) is 5.69 Å². The predicted octanol–water partition coefficient (Wildman–Crippen LogP) is 3.28. The summed E-state index contributed by atoms with van der Waals surface area (Å²) >= 11 is 6.97. The van der Waals surface area contributed by atoms with E-state index in [4.69, 9.17) is 16.3 Å². The van der Waals surface area contributed by atoms with Gasteiger partial charge < -0.3 is 4.74 Å². The highest BCUT2D eigenvalue weighted by atomic mass is 35.5. The summed E-state index contributed by atoms with van der Waals surface area (Å²) in [6.45, 7) is 0. The number of halogens is 1. The van der Waals surface area contributed by atoms with Gasteiger partial charge in [0.05, 0.1) is 12.1 Å². The Bertz CT molecular complexity index is 1380. The van der Waals surface area contributed by atoms with Crippen LogP contribution in [0.1, 0.15) is 0 Å². The number of hydrogen-bond donors (Lipinski definition) is 1. The molecule has 148 valence electrons. The largest absolute Gasteiger partial charge is 0.480 e. The Morgan fingerprint density at radius 1 is 1.17 bits per heavy atom. The van der Waals surface area contributed by atoms with Gasteiger partial charge in [0.25, 0.3) is 15.6 Å². The predicted molar refractivity (Wildman–Crippen MR) is 111 cm³/mol. The molecule has 0 unspecified atom stereocenters. The summed E-state index contributed by atoms with van der Waals surface area (Å²) in [6, 6.07) is 7.89. The Morgan fingerprint density at radius 2 is 2.00 bits per heavy atom. The minimum atomic E-state index is -3.92. The highest BCUT2D eigenvalue weighted by molar-refractivity contribution is 7.94. The number of methoxy groups -OCH3 is 1. The van der Waals surface area contributed by atoms with Gasteiger partial charge in [-0.3, -0.25) is 13.9 Å². The molecule has 0 bridgehead atoms. The van der Waals surface area contributed by atoms with E-state index in [2.05, 4.69) is 14.7 Å². The molecular weight excluding hydrogens is 436 g/mol. The van der Waals surface area contributed by atoms with E-state index in [1.54, 1.807) is 29.8 Å². The summed E-state index contributed by atoms with van der Waals surface area (Å²) in [6.07, 6.45) is 4.58. The van der Waals surface area contributed by atoms with Gasteiger partial charge in [-0.1, -0.05) is 11.6 Å². The fourth-order valence-electron chi connectivity index (χ4n) is 2.71. The van der Waals surface area contributed by atoms with Gasteiger partial charge in [-0.15, -0.1) is 11.3 Å². The lowest BCUT2D eigenvalue weighted by molar-refractivity contribution is 0.400. The number of fused-ring (bicyclic) bond motifs is 1. The van der Waals surface area contributed by atoms with E-state index in [0.717, 1.165) is 11.3 Å². The van der Waals surface area contributed by atoms with Crippen LogP contribution in [0.25, 0.3) is 16.8 Å². The first-order valence-corrected chi connectivity index (χ1v) is 10.9. The molecule has 8 nitrogen and oxygen atoms in total. The maximum atomic E-state index is 12.7. The van der Waals surface area contributed by atoms with Gasteiger partial charge >= 0.3 is 0 Å². The van der Waals surface area contributed by atoms with Gasteiger partial charge in [-0.25, -0.2) is 18.4 Å². The maximum absolute atomic E-state index is 12.7. The Hall–Kier alpha value is -2.95. The van der Waals surface area contributed by atoms with E-state index in [9.17, 15) is 13.2 Å². The number of pyridine rings is 2. The molecule has 0 aromatic carbocycles. The third-order valence-electron chi connectivity index (χ3n) is 4.04. The lowest BCUT2D eigenvalue weighted by Crippen LogP contribution is -2.14. The van der Waals surface area contributed by atoms with Crippen molar-refractivity contribution in [2.45, 2.75) is 4.21 Å². The number of nitrogens with zero attached hydrogens (tertiary/aromatic N) is 3. The number of sulfonamides is 1. The number of rotatable bonds is 5. The standard InChI is InChI=1S/C18H13ClN4O4S2/c1-27-17-14(22-29(25,26)18-13(19)5-7-28-18)8-12(9-21-17)11-2-3-15-20-6-4-16(24)23(15)10-11/h2-10,22H,1H3. The van der Waals surface area contributed by atoms with Gasteiger partial charge in [-0.2, -0.15) is 0 Å². The lowest BCUT2D eigenvalue weighted by atomic mass is 10.1. The maximum Gasteiger partial charge on any atom is 0.273 e. The molecule has 0 spiro atoms. The van der Waals surface area contributed by atoms with Crippen LogP contribution >= 0.6 is 22.9 Å². The van der Waals surface area contributed by atoms with Crippen molar-refractivity contribution in [2.24, 2.45) is 0 Å². The normalized spacial score (nSPS) is 11.5. The highest BCUT2D eigenvalue weighted by Gasteiger charge is 2.22. The number of ether oxygens (including phenoxy) is 1. The van der Waals surface area contributed by atoms with E-state index < -0.39 is 10.0 Å². The van der Waals surface area contributed by atoms with Crippen molar-refractivity contribution < 1.29 is 13.2 Å². The quantitative estimate of drug-likeness (QED) is 0.502. The molecule has 4 aromatic heterocycles. The zero-order chi connectivity index (χ0) is 20.6. The van der Waals surface area contributed by atoms with E-state index in [0.29, 0.717) is 16.8 Å². The van der Waals surface area contributed by atoms with Gasteiger partial charge in [0.1, 0.15) is 11.3 Å². The summed E-state index contributed by atoms with van der Waals surface area (Å²) < 4.78 is 34.4. The second-order valence-corrected chi connectivity index (χ2v) is 9.07. The molecule has 0 aliphatic rings. The monoisotopic (exact) mass is 448 g/mol. The Morgan fingerprint density at radius 3 is 2.72 bits per heavy atom. The van der Waals surface area contributed by atoms with Crippen LogP contribution in [0.3, 0.4) is 0 Å². The Labute approximate surface area is 174 Å². The number of nitrogens with one attached hydrogen (secondary N) is 1. The molecule has 0 radical (unpaired) electrons. The van der Waals surface area contributed by atoms with E-state index in [1.807, 2.05) is 0 Å². The van der Waals surface area contributed by atoms with Crippen LogP contribution in [0, 0.1) is 0 Å². The summed E-state index contributed by atoms with van der Waals surface area (Å²) in [5.41, 5.74) is 1.64. The fourth-order valence-corrected chi connectivity index (χ4v) is 5.45. The van der Waals surface area contributed by atoms with Crippen LogP contribution < -0.4 is 15.0 Å². The van der Waals surface area contributed by atoms with Crippen LogP contribution in [0.5, 0.6) is 5.88 Å². The second kappa shape index (κ2) is 7.47. The molecule has 0 saturated heterocycles. The first-order chi connectivity index (χ1) is 13.9. The summed E-state index contributed by atoms with van der Waals surface area (Å²) in [7, 11) is -2.53. The van der Waals surface area contributed by atoms with Crippen molar-refractivity contribution in [1.29, 1.82) is 0 Å². The third-order valence-corrected chi connectivity index (χ3v) is 7.43. The second-order valence-electron chi connectivity index (χ2n) is 5.87. The smallest absolute Gasteiger partial charge is 0.273 e. The third kappa shape index (κ3) is 3.69. The fraction of sp³-hybridized carbons (Fsp3) is 0.0556. The Kier molecular flexibility index (Phi) is 4.99. The van der Waals surface area contributed by atoms with Crippen LogP contribution in [-0.4, -0.2) is 29.9 Å². The summed E-state index contributed by atoms with van der Waals surface area (Å²) in [4.78, 5) is 20.4. The zero-order valence-corrected chi connectivity index (χ0v) is 17.3. The average Bonchev–Trinajstić information content (AvgIpc) is 3.15. The van der Waals surface area contributed by atoms with Gasteiger partial charge in [0.2, 0.25) is 5.88 Å². The highest BCUT2D eigenvalue weighted by Crippen LogP contribution is 2.33. The molecule has 4 aromatic rings. The average molecular weight is 449 g/mol. The van der Waals surface area contributed by atoms with Gasteiger partial charge in [0, 0.05) is 35.8 Å². The topological polar surface area (TPSA) is 103 Å². The van der Waals surface area contributed by atoms with E-state index >= 15 is 0 Å². The molecule has 0 atom stereocenters. The van der Waals surface area contributed by atoms with Crippen molar-refractivity contribution >= 4 is 44.3 Å². The minimum Gasteiger partial charge on any atom is -0.480 e. The molecule has 0 amide bonds. The van der Waals surface area contributed by atoms with Gasteiger partial charge in [-0.05, 0) is 29.6 Å². The van der Waals surface area contributed by atoms with Crippen LogP contribution in [-0.2, 0) is 10.0 Å². The molecule has 0 aliphatic carbocycles. The SMILES string of the molecule is COc1ncc(-c2ccc3nccc(=O)n3c2)cc1NS(=O)(=O)c1sccc1Cl. The number of aromatic nitrogens is 3. The van der Waals surface area contributed by atoms with Gasteiger partial charge in [0.15, 0.2) is 4.21 Å². The minimum absolute atomic E-state index is 0.00467. The lowest BCUT2D eigenvalue weighted by Gasteiger charge is -2.12. The van der Waals surface area contributed by atoms with Crippen LogP contribution in [0.2, 0.25) is 5.02 Å². The summed E-state index contributed by atoms with van der Waals surface area (Å²) in [5, 5.41) is 1.72. The molecule has 0 aliphatic heterocycles. The Balaban J connectivity index is 1.79. The molecule has 11 heteroatoms. The first kappa shape index (κ1) is 19.4. The molecule has 1 N–H and O–H groups in total.